The molecule has 2 aromatic rings. The summed E-state index contributed by atoms with van der Waals surface area (Å²) in [6, 6.07) is 10.0. The van der Waals surface area contributed by atoms with Crippen LogP contribution in [0.15, 0.2) is 36.5 Å². The van der Waals surface area contributed by atoms with Gasteiger partial charge in [0, 0.05) is 30.4 Å². The maximum atomic E-state index is 14.5. The fourth-order valence-corrected chi connectivity index (χ4v) is 3.72. The van der Waals surface area contributed by atoms with E-state index in [1.54, 1.807) is 30.3 Å². The van der Waals surface area contributed by atoms with Crippen molar-refractivity contribution in [2.75, 3.05) is 25.0 Å². The number of aliphatic hydroxyl groups excluding tert-OH is 1. The van der Waals surface area contributed by atoms with Gasteiger partial charge in [0.1, 0.15) is 30.7 Å². The average Bonchev–Trinajstić information content (AvgIpc) is 3.57. The molecule has 1 aromatic heterocycles. The molecule has 4 rings (SSSR count). The molecule has 172 valence electrons. The maximum absolute atomic E-state index is 14.5. The Kier molecular flexibility index (Phi) is 6.51. The van der Waals surface area contributed by atoms with Crippen molar-refractivity contribution >= 4 is 17.5 Å². The Morgan fingerprint density at radius 2 is 2.06 bits per heavy atom. The number of benzene rings is 1. The molecule has 2 aliphatic rings. The van der Waals surface area contributed by atoms with Gasteiger partial charge in [-0.15, -0.1) is 0 Å². The number of aliphatic hydroxyl groups is 1. The second kappa shape index (κ2) is 9.50. The van der Waals surface area contributed by atoms with Crippen LogP contribution in [0.2, 0.25) is 0 Å². The minimum atomic E-state index is -1.46. The van der Waals surface area contributed by atoms with Crippen molar-refractivity contribution in [2.45, 2.75) is 31.3 Å². The fraction of sp³-hybridized carbons (Fsp3) is 0.391. The molecule has 2 heterocycles. The van der Waals surface area contributed by atoms with Crippen molar-refractivity contribution in [3.05, 3.63) is 42.1 Å². The van der Waals surface area contributed by atoms with Gasteiger partial charge in [0.15, 0.2) is 6.17 Å². The molecular weight excluding hydrogens is 434 g/mol. The Bertz CT molecular complexity index is 1110. The fourth-order valence-electron chi connectivity index (χ4n) is 3.72. The summed E-state index contributed by atoms with van der Waals surface area (Å²) in [6.07, 6.45) is -1.43. The van der Waals surface area contributed by atoms with E-state index in [-0.39, 0.29) is 43.2 Å². The van der Waals surface area contributed by atoms with Gasteiger partial charge < -0.3 is 20.1 Å². The molecule has 0 radical (unpaired) electrons. The number of nitrogens with one attached hydrogen (secondary N) is 1. The third kappa shape index (κ3) is 5.09. The lowest BCUT2D eigenvalue weighted by molar-refractivity contribution is -0.138. The number of hydrogen-bond donors (Lipinski definition) is 2. The molecule has 1 aliphatic heterocycles. The first-order chi connectivity index (χ1) is 15.9. The van der Waals surface area contributed by atoms with Gasteiger partial charge in [-0.3, -0.25) is 14.6 Å². The molecule has 4 atom stereocenters. The van der Waals surface area contributed by atoms with Crippen molar-refractivity contribution in [2.24, 2.45) is 5.92 Å². The van der Waals surface area contributed by atoms with E-state index in [2.05, 4.69) is 10.3 Å². The number of hydrogen-bond acceptors (Lipinski definition) is 6. The zero-order valence-electron chi connectivity index (χ0n) is 17.6. The summed E-state index contributed by atoms with van der Waals surface area (Å²) in [5.41, 5.74) is 1.73. The number of halogens is 2. The van der Waals surface area contributed by atoms with Crippen LogP contribution in [0.4, 0.5) is 14.5 Å². The highest BCUT2D eigenvalue weighted by molar-refractivity contribution is 5.95. The van der Waals surface area contributed by atoms with Gasteiger partial charge in [0.05, 0.1) is 23.7 Å². The van der Waals surface area contributed by atoms with Crippen molar-refractivity contribution < 1.29 is 28.2 Å². The van der Waals surface area contributed by atoms with Gasteiger partial charge in [-0.1, -0.05) is 0 Å². The minimum absolute atomic E-state index is 0.183. The van der Waals surface area contributed by atoms with E-state index >= 15 is 0 Å². The number of carbonyl (C=O) groups is 2. The van der Waals surface area contributed by atoms with Crippen molar-refractivity contribution in [3.8, 4) is 23.1 Å². The summed E-state index contributed by atoms with van der Waals surface area (Å²) >= 11 is 0. The monoisotopic (exact) mass is 456 g/mol. The van der Waals surface area contributed by atoms with Crippen molar-refractivity contribution in [1.82, 2.24) is 9.88 Å². The molecular formula is C23H22F2N4O4. The Labute approximate surface area is 188 Å². The van der Waals surface area contributed by atoms with Crippen LogP contribution in [-0.2, 0) is 9.59 Å². The molecule has 1 aromatic carbocycles. The lowest BCUT2D eigenvalue weighted by Crippen LogP contribution is -2.50. The van der Waals surface area contributed by atoms with Gasteiger partial charge in [-0.05, 0) is 36.8 Å². The van der Waals surface area contributed by atoms with Gasteiger partial charge in [-0.2, -0.15) is 5.26 Å². The molecule has 0 bridgehead atoms. The first kappa shape index (κ1) is 22.6. The Morgan fingerprint density at radius 1 is 1.27 bits per heavy atom. The van der Waals surface area contributed by atoms with Crippen LogP contribution in [0.1, 0.15) is 18.4 Å². The van der Waals surface area contributed by atoms with Crippen LogP contribution in [0.25, 0.3) is 11.3 Å². The summed E-state index contributed by atoms with van der Waals surface area (Å²) in [4.78, 5) is 29.0. The summed E-state index contributed by atoms with van der Waals surface area (Å²) in [7, 11) is 0. The van der Waals surface area contributed by atoms with Gasteiger partial charge in [-0.25, -0.2) is 8.78 Å². The van der Waals surface area contributed by atoms with Crippen molar-refractivity contribution in [1.29, 1.82) is 5.26 Å². The number of nitrogens with zero attached hydrogens (tertiary/aromatic N) is 3. The number of ether oxygens (including phenoxy) is 1. The van der Waals surface area contributed by atoms with Gasteiger partial charge in [0.25, 0.3) is 0 Å². The summed E-state index contributed by atoms with van der Waals surface area (Å²) < 4.78 is 33.4. The Morgan fingerprint density at radius 3 is 2.73 bits per heavy atom. The number of nitriles is 1. The highest BCUT2D eigenvalue weighted by atomic mass is 19.1. The number of pyridine rings is 1. The quantitative estimate of drug-likeness (QED) is 0.689. The number of aromatic nitrogens is 1. The number of anilines is 1. The lowest BCUT2D eigenvalue weighted by atomic mass is 10.0. The molecule has 1 saturated carbocycles. The molecule has 0 spiro atoms. The van der Waals surface area contributed by atoms with E-state index in [0.29, 0.717) is 16.9 Å². The van der Waals surface area contributed by atoms with E-state index in [1.807, 2.05) is 6.07 Å². The number of likely N-dealkylation sites (tertiary alicyclic amines) is 1. The van der Waals surface area contributed by atoms with E-state index < -0.39 is 36.9 Å². The molecule has 2 amide bonds. The molecule has 2 N–H and O–H groups in total. The van der Waals surface area contributed by atoms with Crippen LogP contribution in [0.3, 0.4) is 0 Å². The predicted molar refractivity (Wildman–Crippen MR) is 114 cm³/mol. The highest BCUT2D eigenvalue weighted by Gasteiger charge is 2.43. The molecule has 1 saturated heterocycles. The first-order valence-electron chi connectivity index (χ1n) is 10.5. The number of amides is 2. The van der Waals surface area contributed by atoms with E-state index in [1.165, 1.54) is 11.1 Å². The Hall–Kier alpha value is -3.58. The third-order valence-electron chi connectivity index (χ3n) is 5.72. The van der Waals surface area contributed by atoms with E-state index in [9.17, 15) is 23.6 Å². The van der Waals surface area contributed by atoms with Crippen molar-refractivity contribution in [3.63, 3.8) is 0 Å². The predicted octanol–water partition coefficient (Wildman–Crippen LogP) is 2.23. The molecule has 2 fully saturated rings. The van der Waals surface area contributed by atoms with E-state index in [0.717, 1.165) is 0 Å². The van der Waals surface area contributed by atoms with Crippen LogP contribution in [-0.4, -0.2) is 64.9 Å². The van der Waals surface area contributed by atoms with Gasteiger partial charge >= 0.3 is 0 Å². The second-order valence-electron chi connectivity index (χ2n) is 8.06. The van der Waals surface area contributed by atoms with Gasteiger partial charge in [0.2, 0.25) is 11.8 Å². The largest absolute Gasteiger partial charge is 0.486 e. The number of alkyl halides is 2. The number of piperidine rings is 1. The third-order valence-corrected chi connectivity index (χ3v) is 5.72. The highest BCUT2D eigenvalue weighted by Crippen LogP contribution is 2.35. The van der Waals surface area contributed by atoms with Crippen LogP contribution in [0, 0.1) is 17.2 Å². The molecule has 0 unspecified atom stereocenters. The maximum Gasteiger partial charge on any atom is 0.248 e. The normalized spacial score (nSPS) is 24.0. The molecule has 33 heavy (non-hydrogen) atoms. The number of carbonyl (C=O) groups excluding carboxylic acids is 2. The van der Waals surface area contributed by atoms with Crippen LogP contribution in [0.5, 0.6) is 5.75 Å². The SMILES string of the molecule is N#Cc1cc(-c2cc(NC(=O)[C@@H]3C[C@H]3F)ccn2)ccc1O[C@H]1CCN(C(=O)CO)C[C@H]1F. The summed E-state index contributed by atoms with van der Waals surface area (Å²) in [5.74, 6) is -1.32. The summed E-state index contributed by atoms with van der Waals surface area (Å²) in [6.45, 7) is -0.610. The zero-order chi connectivity index (χ0) is 23.5. The minimum Gasteiger partial charge on any atom is -0.486 e. The van der Waals surface area contributed by atoms with Crippen LogP contribution >= 0.6 is 0 Å². The molecule has 10 heteroatoms. The Balaban J connectivity index is 1.46. The van der Waals surface area contributed by atoms with Crippen LogP contribution < -0.4 is 10.1 Å². The molecule has 8 nitrogen and oxygen atoms in total. The number of rotatable bonds is 6. The standard InChI is InChI=1S/C23H22F2N4O4/c24-17-9-16(17)23(32)28-15-3-5-27-19(8-15)13-1-2-20(14(7-13)10-26)33-21-4-6-29(11-18(21)25)22(31)12-30/h1-3,5,7-8,16-18,21,30H,4,6,9,11-12H2,(H,27,28,32)/t16-,17-,18-,21+/m1/s1. The topological polar surface area (TPSA) is 116 Å². The molecule has 1 aliphatic carbocycles. The summed E-state index contributed by atoms with van der Waals surface area (Å²) in [5, 5.41) is 21.2. The first-order valence-corrected chi connectivity index (χ1v) is 10.5. The lowest BCUT2D eigenvalue weighted by Gasteiger charge is -2.34. The second-order valence-corrected chi connectivity index (χ2v) is 8.06. The zero-order valence-corrected chi connectivity index (χ0v) is 17.6. The average molecular weight is 456 g/mol. The smallest absolute Gasteiger partial charge is 0.248 e. The van der Waals surface area contributed by atoms with E-state index in [4.69, 9.17) is 9.84 Å².